The van der Waals surface area contributed by atoms with Crippen molar-refractivity contribution in [2.75, 3.05) is 14.7 Å². The minimum atomic E-state index is -0.117. The lowest BCUT2D eigenvalue weighted by Gasteiger charge is -2.31. The van der Waals surface area contributed by atoms with Gasteiger partial charge >= 0.3 is 0 Å². The Hall–Kier alpha value is -10.6. The molecule has 0 bridgehead atoms. The van der Waals surface area contributed by atoms with Gasteiger partial charge in [0.25, 0.3) is 0 Å². The van der Waals surface area contributed by atoms with Crippen LogP contribution in [0.15, 0.2) is 291 Å². The van der Waals surface area contributed by atoms with Crippen molar-refractivity contribution in [3.8, 4) is 28.2 Å². The van der Waals surface area contributed by atoms with Crippen LogP contribution in [0.5, 0.6) is 0 Å². The van der Waals surface area contributed by atoms with E-state index in [1.165, 1.54) is 72.8 Å². The first-order chi connectivity index (χ1) is 42.1. The summed E-state index contributed by atoms with van der Waals surface area (Å²) in [5.41, 5.74) is 21.0. The number of anilines is 8. The van der Waals surface area contributed by atoms with E-state index in [0.29, 0.717) is 11.8 Å². The van der Waals surface area contributed by atoms with E-state index in [0.717, 1.165) is 80.5 Å². The minimum Gasteiger partial charge on any atom is -0.330 e. The average molecular weight is 1090 g/mol. The van der Waals surface area contributed by atoms with Gasteiger partial charge in [-0.15, -0.1) is 0 Å². The van der Waals surface area contributed by atoms with E-state index < -0.39 is 0 Å². The highest BCUT2D eigenvalue weighted by atomic mass is 15.3. The second-order valence-electron chi connectivity index (χ2n) is 23.7. The Kier molecular flexibility index (Phi) is 10.4. The molecule has 6 heteroatoms. The average Bonchev–Trinajstić information content (AvgIpc) is 1.49. The summed E-state index contributed by atoms with van der Waals surface area (Å²) in [7, 11) is 0. The van der Waals surface area contributed by atoms with Gasteiger partial charge in [-0.2, -0.15) is 0 Å². The summed E-state index contributed by atoms with van der Waals surface area (Å²) >= 11 is 0. The fourth-order valence-electron chi connectivity index (χ4n) is 15.1. The summed E-state index contributed by atoms with van der Waals surface area (Å²) in [4.78, 5) is 18.4. The topological polar surface area (TPSA) is 40.4 Å². The molecule has 4 unspecified atom stereocenters. The van der Waals surface area contributed by atoms with Gasteiger partial charge in [0, 0.05) is 84.6 Å². The summed E-state index contributed by atoms with van der Waals surface area (Å²) < 4.78 is 2.52. The van der Waals surface area contributed by atoms with E-state index in [2.05, 4.69) is 298 Å². The van der Waals surface area contributed by atoms with Gasteiger partial charge in [-0.25, -0.2) is 9.97 Å². The molecular weight excluding hydrogens is 1030 g/mol. The fourth-order valence-corrected chi connectivity index (χ4v) is 15.1. The second-order valence-corrected chi connectivity index (χ2v) is 23.7. The Bertz CT molecular complexity index is 4950. The Morgan fingerprint density at radius 1 is 0.459 bits per heavy atom. The zero-order chi connectivity index (χ0) is 55.8. The van der Waals surface area contributed by atoms with Gasteiger partial charge in [-0.05, 0) is 156 Å². The molecular formula is C79H56N6. The molecule has 402 valence electrons. The molecule has 0 N–H and O–H groups in total. The molecule has 6 nitrogen and oxygen atoms in total. The third-order valence-corrected chi connectivity index (χ3v) is 19.1. The van der Waals surface area contributed by atoms with Crippen molar-refractivity contribution >= 4 is 89.0 Å². The van der Waals surface area contributed by atoms with Gasteiger partial charge in [-0.1, -0.05) is 182 Å². The Labute approximate surface area is 493 Å². The fraction of sp³-hybridized carbons (Fsp3) is 0.0886. The number of hydrogen-bond acceptors (Lipinski definition) is 5. The Balaban J connectivity index is 0.756. The molecule has 5 aliphatic rings. The van der Waals surface area contributed by atoms with Crippen LogP contribution in [0.25, 0.3) is 71.7 Å². The lowest BCUT2D eigenvalue weighted by atomic mass is 9.89. The first kappa shape index (κ1) is 48.0. The van der Waals surface area contributed by atoms with E-state index in [1.54, 1.807) is 0 Å². The SMILES string of the molecule is C1=CC23CC2(C=C1)N(c1ccccc1)c1ccc(N(c2ccc(-c4nc5ccccc5nc4-c4ccc(N(c5ccc6c(c5)c5c(n6-c6ccccc6)CC=CC6CC56)c5cccc6ccccc56)cc4)cc2)c2cccc4ccccc24)cc13. The van der Waals surface area contributed by atoms with Crippen molar-refractivity contribution < 1.29 is 0 Å². The van der Waals surface area contributed by atoms with Crippen LogP contribution in [0.1, 0.15) is 35.6 Å². The van der Waals surface area contributed by atoms with E-state index in [9.17, 15) is 0 Å². The number of nitrogens with zero attached hydrogens (tertiary/aromatic N) is 6. The number of fused-ring (bicyclic) bond motifs is 9. The number of para-hydroxylation sites is 4. The summed E-state index contributed by atoms with van der Waals surface area (Å²) in [5, 5.41) is 6.12. The van der Waals surface area contributed by atoms with Crippen molar-refractivity contribution in [1.29, 1.82) is 0 Å². The molecule has 85 heavy (non-hydrogen) atoms. The molecule has 18 rings (SSSR count). The lowest BCUT2D eigenvalue weighted by Crippen LogP contribution is -2.33. The predicted octanol–water partition coefficient (Wildman–Crippen LogP) is 20.0. The van der Waals surface area contributed by atoms with Gasteiger partial charge in [0.2, 0.25) is 0 Å². The highest BCUT2D eigenvalue weighted by Gasteiger charge is 2.74. The quantitative estimate of drug-likeness (QED) is 0.128. The maximum absolute atomic E-state index is 5.46. The number of hydrogen-bond donors (Lipinski definition) is 0. The third kappa shape index (κ3) is 7.31. The maximum atomic E-state index is 5.46. The molecule has 2 saturated carbocycles. The summed E-state index contributed by atoms with van der Waals surface area (Å²) in [6.45, 7) is 0. The van der Waals surface area contributed by atoms with E-state index in [4.69, 9.17) is 9.97 Å². The Morgan fingerprint density at radius 2 is 1.00 bits per heavy atom. The first-order valence-corrected chi connectivity index (χ1v) is 29.9. The second kappa shape index (κ2) is 18.5. The maximum Gasteiger partial charge on any atom is 0.0973 e. The van der Waals surface area contributed by atoms with Crippen LogP contribution in [0.3, 0.4) is 0 Å². The molecule has 1 aliphatic heterocycles. The van der Waals surface area contributed by atoms with E-state index in [1.807, 2.05) is 12.1 Å². The van der Waals surface area contributed by atoms with Crippen molar-refractivity contribution in [2.24, 2.45) is 5.92 Å². The van der Waals surface area contributed by atoms with Crippen LogP contribution in [-0.2, 0) is 11.8 Å². The van der Waals surface area contributed by atoms with Gasteiger partial charge in [-0.3, -0.25) is 0 Å². The van der Waals surface area contributed by atoms with Crippen LogP contribution in [0.4, 0.5) is 45.5 Å². The first-order valence-electron chi connectivity index (χ1n) is 29.9. The highest BCUT2D eigenvalue weighted by molar-refractivity contribution is 6.03. The molecule has 4 atom stereocenters. The number of rotatable bonds is 10. The standard InChI is InChI=1S/C79H56N6/c1-3-23-57(24-4-1)84-72-44-42-61(49-66(72)75-65-48-56(65)22-17-33-74(75)84)82(70-31-15-20-52-18-7-9-27-63(52)70)58-38-34-54(35-39-58)76-77(81-69-30-12-11-29-68(69)80-76)55-36-40-59(41-37-55)83(71-32-16-21-53-19-8-10-28-64(53)71)62-43-45-73-67(50-62)78-46-13-14-47-79(78,51-78)85(73)60-25-5-2-6-26-60/h1-32,34-47,49-50,56,65H,33,48,51H2. The normalized spacial score (nSPS) is 19.3. The van der Waals surface area contributed by atoms with Gasteiger partial charge in [0.15, 0.2) is 0 Å². The molecule has 2 fully saturated rings. The van der Waals surface area contributed by atoms with Gasteiger partial charge in [0.1, 0.15) is 0 Å². The van der Waals surface area contributed by atoms with Crippen molar-refractivity contribution in [3.63, 3.8) is 0 Å². The van der Waals surface area contributed by atoms with Crippen molar-refractivity contribution in [2.45, 2.75) is 36.1 Å². The molecule has 2 aromatic heterocycles. The van der Waals surface area contributed by atoms with Crippen molar-refractivity contribution in [3.05, 3.63) is 308 Å². The number of allylic oxidation sites excluding steroid dienone is 4. The molecule has 0 radical (unpaired) electrons. The summed E-state index contributed by atoms with van der Waals surface area (Å²) in [6.07, 6.45) is 17.4. The molecule has 4 aliphatic carbocycles. The molecule has 0 amide bonds. The monoisotopic (exact) mass is 1090 g/mol. The zero-order valence-electron chi connectivity index (χ0n) is 46.7. The van der Waals surface area contributed by atoms with Gasteiger partial charge in [0.05, 0.1) is 44.9 Å². The third-order valence-electron chi connectivity index (χ3n) is 19.1. The highest BCUT2D eigenvalue weighted by Crippen LogP contribution is 2.73. The molecule has 0 saturated heterocycles. The van der Waals surface area contributed by atoms with E-state index >= 15 is 0 Å². The predicted molar refractivity (Wildman–Crippen MR) is 351 cm³/mol. The smallest absolute Gasteiger partial charge is 0.0973 e. The summed E-state index contributed by atoms with van der Waals surface area (Å²) in [5.74, 6) is 1.13. The number of aromatic nitrogens is 3. The Morgan fingerprint density at radius 3 is 1.65 bits per heavy atom. The minimum absolute atomic E-state index is 0.101. The van der Waals surface area contributed by atoms with Crippen LogP contribution < -0.4 is 14.7 Å². The van der Waals surface area contributed by atoms with Crippen LogP contribution in [-0.4, -0.2) is 20.1 Å². The van der Waals surface area contributed by atoms with Gasteiger partial charge < -0.3 is 19.3 Å². The molecule has 0 spiro atoms. The number of benzene rings is 11. The molecule has 13 aromatic rings. The largest absolute Gasteiger partial charge is 0.330 e. The van der Waals surface area contributed by atoms with E-state index in [-0.39, 0.29) is 11.0 Å². The molecule has 11 aromatic carbocycles. The van der Waals surface area contributed by atoms with Crippen LogP contribution >= 0.6 is 0 Å². The van der Waals surface area contributed by atoms with Crippen molar-refractivity contribution in [1.82, 2.24) is 14.5 Å². The summed E-state index contributed by atoms with van der Waals surface area (Å²) in [6, 6.07) is 93.1. The molecule has 3 heterocycles. The van der Waals surface area contributed by atoms with Crippen LogP contribution in [0, 0.1) is 5.92 Å². The van der Waals surface area contributed by atoms with Crippen LogP contribution in [0.2, 0.25) is 0 Å². The zero-order valence-corrected chi connectivity index (χ0v) is 46.7. The lowest BCUT2D eigenvalue weighted by molar-refractivity contribution is 0.740.